The number of phenols is 2. The van der Waals surface area contributed by atoms with Crippen LogP contribution < -0.4 is 9.47 Å². The lowest BCUT2D eigenvalue weighted by Crippen LogP contribution is -2.23. The summed E-state index contributed by atoms with van der Waals surface area (Å²) < 4.78 is 36.2. The van der Waals surface area contributed by atoms with Crippen LogP contribution in [0.25, 0.3) is 34.2 Å². The first-order valence-electron chi connectivity index (χ1n) is 23.0. The van der Waals surface area contributed by atoms with Crippen molar-refractivity contribution in [2.24, 2.45) is 0 Å². The lowest BCUT2D eigenvalue weighted by atomic mass is 10.1. The number of aliphatic hydroxyl groups is 2. The molecule has 5 aromatic rings. The number of aromatic hydroxyl groups is 2. The average Bonchev–Trinajstić information content (AvgIpc) is 3.31. The van der Waals surface area contributed by atoms with Crippen LogP contribution in [0, 0.1) is 0 Å². The topological polar surface area (TPSA) is 180 Å². The summed E-state index contributed by atoms with van der Waals surface area (Å²) in [7, 11) is 0. The van der Waals surface area contributed by atoms with Crippen molar-refractivity contribution < 1.29 is 43.9 Å². The zero-order valence-corrected chi connectivity index (χ0v) is 38.4. The Morgan fingerprint density at radius 1 is 0.500 bits per heavy atom. The van der Waals surface area contributed by atoms with Crippen molar-refractivity contribution in [1.29, 1.82) is 0 Å². The van der Waals surface area contributed by atoms with E-state index in [0.29, 0.717) is 40.1 Å². The summed E-state index contributed by atoms with van der Waals surface area (Å²) in [6.45, 7) is 5.84. The Morgan fingerprint density at radius 3 is 1.38 bits per heavy atom. The molecule has 4 aromatic carbocycles. The summed E-state index contributed by atoms with van der Waals surface area (Å²) in [4.78, 5) is 15.4. The van der Waals surface area contributed by atoms with E-state index in [1.54, 1.807) is 48.5 Å². The molecule has 0 aliphatic heterocycles. The van der Waals surface area contributed by atoms with Crippen LogP contribution in [-0.2, 0) is 20.6 Å². The first-order valence-corrected chi connectivity index (χ1v) is 24.2. The van der Waals surface area contributed by atoms with Crippen LogP contribution in [0.3, 0.4) is 0 Å². The second-order valence-corrected chi connectivity index (χ2v) is 17.6. The predicted molar refractivity (Wildman–Crippen MR) is 251 cm³/mol. The Hall–Kier alpha value is -4.76. The largest absolute Gasteiger partial charge is 0.606 e. The number of rotatable bonds is 31. The van der Waals surface area contributed by atoms with E-state index in [0.717, 1.165) is 25.7 Å². The molecule has 12 nitrogen and oxygen atoms in total. The first-order chi connectivity index (χ1) is 31.2. The Morgan fingerprint density at radius 2 is 0.922 bits per heavy atom. The van der Waals surface area contributed by atoms with Gasteiger partial charge in [-0.05, 0) is 73.5 Å². The van der Waals surface area contributed by atoms with Gasteiger partial charge in [-0.15, -0.1) is 0 Å². The first kappa shape index (κ1) is 50.2. The average molecular weight is 898 g/mol. The standard InChI is InChI=1S/C51H67N3O9S/c1-3-5-7-9-11-13-18-30-60-34-39(55)36-62-41-24-28-45(47(57)32-41)50-52-49(38-22-26-44(27-23-38)64(59)43-20-16-15-17-21-43)53-51(54-50)46-29-25-42(33-48(46)58)63-37-40(56)35-61-31-19-14-12-10-8-6-4-2/h15-17,20-29,32-33,39-40,55-58H,3-14,18-19,30-31,34-37H2,1-2H3. The van der Waals surface area contributed by atoms with Crippen molar-refractivity contribution in [3.63, 3.8) is 0 Å². The zero-order valence-electron chi connectivity index (χ0n) is 37.5. The summed E-state index contributed by atoms with van der Waals surface area (Å²) >= 11 is -1.40. The van der Waals surface area contributed by atoms with Crippen LogP contribution in [0.4, 0.5) is 0 Å². The van der Waals surface area contributed by atoms with Gasteiger partial charge < -0.3 is 43.9 Å². The summed E-state index contributed by atoms with van der Waals surface area (Å²) in [5.41, 5.74) is 1.14. The van der Waals surface area contributed by atoms with Gasteiger partial charge in [0.15, 0.2) is 27.3 Å². The minimum absolute atomic E-state index is 0.0219. The third kappa shape index (κ3) is 17.0. The molecule has 0 aliphatic rings. The number of aromatic nitrogens is 3. The van der Waals surface area contributed by atoms with E-state index in [4.69, 9.17) is 28.9 Å². The minimum Gasteiger partial charge on any atom is -0.606 e. The maximum atomic E-state index is 13.3. The summed E-state index contributed by atoms with van der Waals surface area (Å²) in [6.07, 6.45) is 14.9. The van der Waals surface area contributed by atoms with E-state index < -0.39 is 23.4 Å². The molecule has 1 heterocycles. The Labute approximate surface area is 382 Å². The highest BCUT2D eigenvalue weighted by Gasteiger charge is 2.20. The molecule has 0 saturated heterocycles. The number of ether oxygens (including phenoxy) is 4. The van der Waals surface area contributed by atoms with Crippen molar-refractivity contribution in [2.75, 3.05) is 39.6 Å². The van der Waals surface area contributed by atoms with E-state index in [2.05, 4.69) is 18.8 Å². The molecule has 0 spiro atoms. The van der Waals surface area contributed by atoms with Gasteiger partial charge >= 0.3 is 0 Å². The normalized spacial score (nSPS) is 12.8. The van der Waals surface area contributed by atoms with Crippen LogP contribution in [0.15, 0.2) is 101 Å². The summed E-state index contributed by atoms with van der Waals surface area (Å²) in [6, 6.07) is 25.6. The number of hydrogen-bond donors (Lipinski definition) is 4. The molecule has 13 heteroatoms. The van der Waals surface area contributed by atoms with Gasteiger partial charge in [0.2, 0.25) is 0 Å². The fourth-order valence-corrected chi connectivity index (χ4v) is 8.04. The summed E-state index contributed by atoms with van der Waals surface area (Å²) in [5.74, 6) is 0.825. The van der Waals surface area contributed by atoms with Crippen molar-refractivity contribution in [3.05, 3.63) is 91.0 Å². The molecule has 0 aliphatic carbocycles. The van der Waals surface area contributed by atoms with Crippen LogP contribution in [-0.4, -0.2) is 91.8 Å². The maximum Gasteiger partial charge on any atom is 0.167 e. The van der Waals surface area contributed by atoms with Gasteiger partial charge in [-0.3, -0.25) is 0 Å². The fourth-order valence-electron chi connectivity index (χ4n) is 6.98. The maximum absolute atomic E-state index is 13.3. The van der Waals surface area contributed by atoms with Gasteiger partial charge in [-0.1, -0.05) is 109 Å². The molecule has 4 N–H and O–H groups in total. The molecule has 3 unspecified atom stereocenters. The highest BCUT2D eigenvalue weighted by molar-refractivity contribution is 7.91. The Kier molecular flexibility index (Phi) is 22.1. The SMILES string of the molecule is CCCCCCCCCOCC(O)COc1ccc(-c2nc(-c3ccc([S+]([O-])c4ccccc4)cc3)nc(-c3ccc(OCC(O)COCCCCCCCCC)cc3O)n2)c(O)c1. The third-order valence-corrected chi connectivity index (χ3v) is 12.0. The van der Waals surface area contributed by atoms with E-state index >= 15 is 0 Å². The molecular weight excluding hydrogens is 831 g/mol. The molecule has 0 fully saturated rings. The molecule has 0 radical (unpaired) electrons. The van der Waals surface area contributed by atoms with Crippen LogP contribution >= 0.6 is 0 Å². The molecule has 346 valence electrons. The van der Waals surface area contributed by atoms with E-state index in [1.165, 1.54) is 76.3 Å². The fraction of sp³-hybridized carbons (Fsp3) is 0.471. The molecule has 0 amide bonds. The highest BCUT2D eigenvalue weighted by atomic mass is 32.2. The van der Waals surface area contributed by atoms with Gasteiger partial charge in [0, 0.05) is 42.1 Å². The monoisotopic (exact) mass is 897 g/mol. The molecule has 3 atom stereocenters. The van der Waals surface area contributed by atoms with Crippen molar-refractivity contribution in [3.8, 4) is 57.2 Å². The highest BCUT2D eigenvalue weighted by Crippen LogP contribution is 2.36. The third-order valence-electron chi connectivity index (χ3n) is 10.6. The number of benzene rings is 4. The van der Waals surface area contributed by atoms with Crippen molar-refractivity contribution in [2.45, 2.75) is 126 Å². The molecule has 0 bridgehead atoms. The smallest absolute Gasteiger partial charge is 0.167 e. The van der Waals surface area contributed by atoms with Crippen molar-refractivity contribution >= 4 is 11.2 Å². The number of nitrogens with zero attached hydrogens (tertiary/aromatic N) is 3. The Balaban J connectivity index is 1.25. The minimum atomic E-state index is -1.40. The second-order valence-electron chi connectivity index (χ2n) is 16.1. The van der Waals surface area contributed by atoms with E-state index in [-0.39, 0.29) is 66.5 Å². The lowest BCUT2D eigenvalue weighted by Gasteiger charge is -2.15. The zero-order chi connectivity index (χ0) is 45.4. The Bertz CT molecular complexity index is 1980. The van der Waals surface area contributed by atoms with Crippen LogP contribution in [0.1, 0.15) is 104 Å². The van der Waals surface area contributed by atoms with Crippen LogP contribution in [0.2, 0.25) is 0 Å². The number of unbranched alkanes of at least 4 members (excludes halogenated alkanes) is 12. The van der Waals surface area contributed by atoms with E-state index in [9.17, 15) is 25.0 Å². The van der Waals surface area contributed by atoms with Gasteiger partial charge in [0.05, 0.1) is 24.3 Å². The number of hydrogen-bond acceptors (Lipinski definition) is 12. The number of phenolic OH excluding ortho intramolecular Hbond substituents is 2. The van der Waals surface area contributed by atoms with Crippen LogP contribution in [0.5, 0.6) is 23.0 Å². The van der Waals surface area contributed by atoms with Gasteiger partial charge in [0.1, 0.15) is 48.4 Å². The van der Waals surface area contributed by atoms with Crippen molar-refractivity contribution in [1.82, 2.24) is 15.0 Å². The second kappa shape index (κ2) is 28.2. The lowest BCUT2D eigenvalue weighted by molar-refractivity contribution is 0.0109. The van der Waals surface area contributed by atoms with Gasteiger partial charge in [-0.25, -0.2) is 15.0 Å². The van der Waals surface area contributed by atoms with E-state index in [1.807, 2.05) is 30.3 Å². The predicted octanol–water partition coefficient (Wildman–Crippen LogP) is 10.5. The molecular formula is C51H67N3O9S. The quantitative estimate of drug-likeness (QED) is 0.0245. The van der Waals surface area contributed by atoms with Gasteiger partial charge in [-0.2, -0.15) is 0 Å². The molecule has 64 heavy (non-hydrogen) atoms. The molecule has 0 saturated carbocycles. The molecule has 1 aromatic heterocycles. The summed E-state index contributed by atoms with van der Waals surface area (Å²) in [5, 5.41) is 43.4. The van der Waals surface area contributed by atoms with Gasteiger partial charge in [0.25, 0.3) is 0 Å². The molecule has 5 rings (SSSR count). The number of aliphatic hydroxyl groups excluding tert-OH is 2.